The van der Waals surface area contributed by atoms with Gasteiger partial charge < -0.3 is 0 Å². The molecule has 0 aliphatic carbocycles. The molecule has 0 aliphatic heterocycles. The first kappa shape index (κ1) is 16.1. The van der Waals surface area contributed by atoms with Crippen molar-refractivity contribution in [3.63, 3.8) is 0 Å². The number of sulfonamides is 1. The lowest BCUT2D eigenvalue weighted by atomic mass is 10.3. The average Bonchev–Trinajstić information content (AvgIpc) is 2.93. The van der Waals surface area contributed by atoms with Gasteiger partial charge in [-0.25, -0.2) is 27.2 Å². The number of hydrogen-bond acceptors (Lipinski definition) is 4. The minimum atomic E-state index is -4.12. The van der Waals surface area contributed by atoms with Crippen LogP contribution >= 0.6 is 0 Å². The Kier molecular flexibility index (Phi) is 4.02. The van der Waals surface area contributed by atoms with E-state index in [1.807, 2.05) is 0 Å². The van der Waals surface area contributed by atoms with Crippen LogP contribution < -0.4 is 4.72 Å². The summed E-state index contributed by atoms with van der Waals surface area (Å²) in [6, 6.07) is 5.17. The lowest BCUT2D eigenvalue weighted by Gasteiger charge is -2.09. The Bertz CT molecular complexity index is 965. The van der Waals surface area contributed by atoms with Gasteiger partial charge in [-0.2, -0.15) is 0 Å². The molecule has 6 nitrogen and oxygen atoms in total. The summed E-state index contributed by atoms with van der Waals surface area (Å²) in [6.45, 7) is 1.80. The fourth-order valence-corrected chi connectivity index (χ4v) is 3.19. The third kappa shape index (κ3) is 3.25. The summed E-state index contributed by atoms with van der Waals surface area (Å²) in [4.78, 5) is 7.71. The zero-order chi connectivity index (χ0) is 17.3. The van der Waals surface area contributed by atoms with E-state index in [1.165, 1.54) is 12.3 Å². The molecule has 9 heteroatoms. The second-order valence-corrected chi connectivity index (χ2v) is 6.64. The molecule has 0 unspecified atom stereocenters. The normalized spacial score (nSPS) is 11.5. The van der Waals surface area contributed by atoms with Gasteiger partial charge in [0, 0.05) is 18.5 Å². The second kappa shape index (κ2) is 6.00. The van der Waals surface area contributed by atoms with E-state index in [9.17, 15) is 17.2 Å². The van der Waals surface area contributed by atoms with E-state index < -0.39 is 26.6 Å². The molecule has 0 saturated carbocycles. The van der Waals surface area contributed by atoms with Gasteiger partial charge in [-0.15, -0.1) is 0 Å². The summed E-state index contributed by atoms with van der Waals surface area (Å²) in [6.07, 6.45) is 4.64. The molecule has 2 aromatic heterocycles. The fourth-order valence-electron chi connectivity index (χ4n) is 2.11. The molecule has 0 bridgehead atoms. The number of nitrogens with zero attached hydrogens (tertiary/aromatic N) is 3. The van der Waals surface area contributed by atoms with Gasteiger partial charge in [0.1, 0.15) is 23.3 Å². The smallest absolute Gasteiger partial charge is 0.262 e. The maximum atomic E-state index is 13.2. The summed E-state index contributed by atoms with van der Waals surface area (Å²) in [5.74, 6) is -0.658. The largest absolute Gasteiger partial charge is 0.288 e. The maximum Gasteiger partial charge on any atom is 0.262 e. The van der Waals surface area contributed by atoms with E-state index in [-0.39, 0.29) is 5.69 Å². The van der Waals surface area contributed by atoms with Crippen molar-refractivity contribution in [1.82, 2.24) is 14.5 Å². The quantitative estimate of drug-likeness (QED) is 0.785. The van der Waals surface area contributed by atoms with Gasteiger partial charge in [0.2, 0.25) is 0 Å². The molecule has 3 rings (SSSR count). The number of anilines is 1. The van der Waals surface area contributed by atoms with Crippen molar-refractivity contribution >= 4 is 15.7 Å². The predicted octanol–water partition coefficient (Wildman–Crippen LogP) is 2.65. The Hall–Kier alpha value is -2.81. The third-order valence-corrected chi connectivity index (χ3v) is 4.58. The highest BCUT2D eigenvalue weighted by molar-refractivity contribution is 7.92. The number of hydrogen-bond donors (Lipinski definition) is 1. The summed E-state index contributed by atoms with van der Waals surface area (Å²) >= 11 is 0. The molecule has 1 N–H and O–H groups in total. The van der Waals surface area contributed by atoms with Gasteiger partial charge in [-0.05, 0) is 31.2 Å². The highest BCUT2D eigenvalue weighted by Gasteiger charge is 2.17. The van der Waals surface area contributed by atoms with Crippen LogP contribution in [0.2, 0.25) is 0 Å². The lowest BCUT2D eigenvalue weighted by molar-refractivity contribution is 0.568. The van der Waals surface area contributed by atoms with Gasteiger partial charge in [-0.1, -0.05) is 0 Å². The standard InChI is InChI=1S/C15H12F2N4O2S/c1-10-18-4-5-21(10)15-3-2-13(9-19-15)20-24(22,23)14-7-11(16)6-12(17)8-14/h2-9,20H,1H3. The number of halogens is 2. The van der Waals surface area contributed by atoms with Gasteiger partial charge in [-0.3, -0.25) is 9.29 Å². The maximum absolute atomic E-state index is 13.2. The summed E-state index contributed by atoms with van der Waals surface area (Å²) in [5, 5.41) is 0. The van der Waals surface area contributed by atoms with Crippen LogP contribution in [0.1, 0.15) is 5.82 Å². The van der Waals surface area contributed by atoms with Gasteiger partial charge >= 0.3 is 0 Å². The summed E-state index contributed by atoms with van der Waals surface area (Å²) < 4.78 is 54.7. The van der Waals surface area contributed by atoms with Crippen molar-refractivity contribution < 1.29 is 17.2 Å². The zero-order valence-electron chi connectivity index (χ0n) is 12.4. The Balaban J connectivity index is 1.86. The molecular formula is C15H12F2N4O2S. The Labute approximate surface area is 136 Å². The minimum Gasteiger partial charge on any atom is -0.288 e. The zero-order valence-corrected chi connectivity index (χ0v) is 13.3. The fraction of sp³-hybridized carbons (Fsp3) is 0.0667. The molecule has 24 heavy (non-hydrogen) atoms. The number of aromatic nitrogens is 3. The third-order valence-electron chi connectivity index (χ3n) is 3.22. The molecule has 0 amide bonds. The highest BCUT2D eigenvalue weighted by atomic mass is 32.2. The van der Waals surface area contributed by atoms with Crippen LogP contribution in [-0.4, -0.2) is 23.0 Å². The minimum absolute atomic E-state index is 0.168. The van der Waals surface area contributed by atoms with Crippen LogP contribution in [0.5, 0.6) is 0 Å². The van der Waals surface area contributed by atoms with Gasteiger partial charge in [0.25, 0.3) is 10.0 Å². The van der Waals surface area contributed by atoms with Crippen molar-refractivity contribution in [3.05, 3.63) is 66.4 Å². The van der Waals surface area contributed by atoms with Crippen LogP contribution in [0.3, 0.4) is 0 Å². The molecule has 3 aromatic rings. The first-order valence-corrected chi connectivity index (χ1v) is 8.29. The predicted molar refractivity (Wildman–Crippen MR) is 83.3 cm³/mol. The number of benzene rings is 1. The Morgan fingerprint density at radius 2 is 1.79 bits per heavy atom. The van der Waals surface area contributed by atoms with Gasteiger partial charge in [0.05, 0.1) is 16.8 Å². The van der Waals surface area contributed by atoms with Crippen LogP contribution in [-0.2, 0) is 10.0 Å². The summed E-state index contributed by atoms with van der Waals surface area (Å²) in [7, 11) is -4.12. The van der Waals surface area contributed by atoms with Crippen molar-refractivity contribution in [1.29, 1.82) is 0 Å². The molecule has 0 radical (unpaired) electrons. The first-order chi connectivity index (χ1) is 11.3. The van der Waals surface area contributed by atoms with E-state index in [0.29, 0.717) is 11.9 Å². The molecule has 0 fully saturated rings. The molecule has 0 aliphatic rings. The van der Waals surface area contributed by atoms with E-state index in [1.54, 1.807) is 30.0 Å². The first-order valence-electron chi connectivity index (χ1n) is 6.80. The van der Waals surface area contributed by atoms with E-state index in [4.69, 9.17) is 0 Å². The second-order valence-electron chi connectivity index (χ2n) is 4.96. The average molecular weight is 350 g/mol. The molecule has 0 atom stereocenters. The topological polar surface area (TPSA) is 76.9 Å². The van der Waals surface area contributed by atoms with E-state index in [2.05, 4.69) is 14.7 Å². The number of imidazole rings is 1. The van der Waals surface area contributed by atoms with Crippen molar-refractivity contribution in [2.75, 3.05) is 4.72 Å². The Morgan fingerprint density at radius 3 is 2.33 bits per heavy atom. The molecule has 124 valence electrons. The monoisotopic (exact) mass is 350 g/mol. The van der Waals surface area contributed by atoms with Crippen molar-refractivity contribution in [2.24, 2.45) is 0 Å². The van der Waals surface area contributed by atoms with Crippen LogP contribution in [0.25, 0.3) is 5.82 Å². The molecular weight excluding hydrogens is 338 g/mol. The van der Waals surface area contributed by atoms with E-state index in [0.717, 1.165) is 18.0 Å². The van der Waals surface area contributed by atoms with Crippen LogP contribution in [0.15, 0.2) is 53.8 Å². The van der Waals surface area contributed by atoms with Gasteiger partial charge in [0.15, 0.2) is 0 Å². The molecule has 0 saturated heterocycles. The van der Waals surface area contributed by atoms with E-state index >= 15 is 0 Å². The number of nitrogens with one attached hydrogen (secondary N) is 1. The van der Waals surface area contributed by atoms with Crippen LogP contribution in [0.4, 0.5) is 14.5 Å². The van der Waals surface area contributed by atoms with Crippen molar-refractivity contribution in [3.8, 4) is 5.82 Å². The number of rotatable bonds is 4. The molecule has 2 heterocycles. The SMILES string of the molecule is Cc1nccn1-c1ccc(NS(=O)(=O)c2cc(F)cc(F)c2)cn1. The lowest BCUT2D eigenvalue weighted by Crippen LogP contribution is -2.14. The molecule has 1 aromatic carbocycles. The highest BCUT2D eigenvalue weighted by Crippen LogP contribution is 2.18. The molecule has 0 spiro atoms. The number of pyridine rings is 1. The Morgan fingerprint density at radius 1 is 1.08 bits per heavy atom. The van der Waals surface area contributed by atoms with Crippen LogP contribution in [0, 0.1) is 18.6 Å². The van der Waals surface area contributed by atoms with Crippen molar-refractivity contribution in [2.45, 2.75) is 11.8 Å². The number of aryl methyl sites for hydroxylation is 1. The summed E-state index contributed by atoms with van der Waals surface area (Å²) in [5.41, 5.74) is 0.168.